The van der Waals surface area contributed by atoms with E-state index >= 15 is 0 Å². The molecule has 1 aliphatic carbocycles. The first kappa shape index (κ1) is 23.9. The van der Waals surface area contributed by atoms with E-state index in [0.29, 0.717) is 38.6 Å². The van der Waals surface area contributed by atoms with Gasteiger partial charge in [0.15, 0.2) is 9.84 Å². The molecule has 0 aliphatic heterocycles. The molecule has 1 saturated carbocycles. The predicted molar refractivity (Wildman–Crippen MR) is 106 cm³/mol. The van der Waals surface area contributed by atoms with Crippen LogP contribution in [0.5, 0.6) is 0 Å². The second-order valence-electron chi connectivity index (χ2n) is 8.78. The SMILES string of the molecule is CC(C)(C)C(=O)CCCNC1CCC(S(=O)(=O)c2cccc(C(F)(F)F)c2)CC1. The molecular weight excluding hydrogens is 403 g/mol. The fraction of sp³-hybridized carbons (Fsp3) is 0.667. The van der Waals surface area contributed by atoms with Crippen molar-refractivity contribution in [2.24, 2.45) is 5.41 Å². The molecular formula is C21H30F3NO3S. The summed E-state index contributed by atoms with van der Waals surface area (Å²) < 4.78 is 64.2. The molecule has 0 saturated heterocycles. The molecule has 4 nitrogen and oxygen atoms in total. The number of nitrogens with one attached hydrogen (secondary N) is 1. The Morgan fingerprint density at radius 3 is 2.28 bits per heavy atom. The lowest BCUT2D eigenvalue weighted by Gasteiger charge is -2.29. The average Bonchev–Trinajstić information content (AvgIpc) is 2.64. The van der Waals surface area contributed by atoms with Crippen molar-refractivity contribution in [3.8, 4) is 0 Å². The maximum absolute atomic E-state index is 12.9. The van der Waals surface area contributed by atoms with Crippen LogP contribution in [0.2, 0.25) is 0 Å². The van der Waals surface area contributed by atoms with Gasteiger partial charge in [-0.3, -0.25) is 4.79 Å². The van der Waals surface area contributed by atoms with Gasteiger partial charge < -0.3 is 5.32 Å². The third kappa shape index (κ3) is 6.54. The fourth-order valence-electron chi connectivity index (χ4n) is 3.55. The zero-order valence-electron chi connectivity index (χ0n) is 17.2. The quantitative estimate of drug-likeness (QED) is 0.629. The number of rotatable bonds is 7. The van der Waals surface area contributed by atoms with E-state index in [4.69, 9.17) is 0 Å². The van der Waals surface area contributed by atoms with Gasteiger partial charge in [-0.05, 0) is 56.8 Å². The van der Waals surface area contributed by atoms with Crippen molar-refractivity contribution in [2.45, 2.75) is 81.7 Å². The molecule has 0 heterocycles. The van der Waals surface area contributed by atoms with Gasteiger partial charge in [0.1, 0.15) is 5.78 Å². The molecule has 0 atom stereocenters. The second kappa shape index (κ2) is 9.16. The fourth-order valence-corrected chi connectivity index (χ4v) is 5.39. The minimum Gasteiger partial charge on any atom is -0.314 e. The number of ketones is 1. The van der Waals surface area contributed by atoms with Crippen molar-refractivity contribution < 1.29 is 26.4 Å². The number of halogens is 3. The number of sulfone groups is 1. The lowest BCUT2D eigenvalue weighted by atomic mass is 9.88. The van der Waals surface area contributed by atoms with E-state index in [0.717, 1.165) is 24.6 Å². The standard InChI is InChI=1S/C21H30F3NO3S/c1-20(2,3)19(26)8-5-13-25-16-9-11-17(12-10-16)29(27,28)18-7-4-6-15(14-18)21(22,23)24/h4,6-7,14,16-17,25H,5,8-13H2,1-3H3. The molecule has 0 unspecified atom stereocenters. The number of alkyl halides is 3. The third-order valence-electron chi connectivity index (χ3n) is 5.45. The summed E-state index contributed by atoms with van der Waals surface area (Å²) in [5.41, 5.74) is -1.28. The summed E-state index contributed by atoms with van der Waals surface area (Å²) in [5.74, 6) is 0.218. The molecule has 0 amide bonds. The molecule has 1 aliphatic rings. The molecule has 1 N–H and O–H groups in total. The number of carbonyl (C=O) groups is 1. The van der Waals surface area contributed by atoms with Crippen molar-refractivity contribution in [1.82, 2.24) is 5.32 Å². The van der Waals surface area contributed by atoms with E-state index in [2.05, 4.69) is 5.32 Å². The molecule has 8 heteroatoms. The Labute approximate surface area is 171 Å². The number of carbonyl (C=O) groups excluding carboxylic acids is 1. The van der Waals surface area contributed by atoms with E-state index in [1.165, 1.54) is 6.07 Å². The zero-order valence-corrected chi connectivity index (χ0v) is 18.0. The van der Waals surface area contributed by atoms with Gasteiger partial charge in [-0.2, -0.15) is 13.2 Å². The Morgan fingerprint density at radius 1 is 1.10 bits per heavy atom. The normalized spacial score (nSPS) is 21.2. The Balaban J connectivity index is 1.86. The van der Waals surface area contributed by atoms with Gasteiger partial charge in [0.2, 0.25) is 0 Å². The van der Waals surface area contributed by atoms with E-state index in [1.54, 1.807) is 0 Å². The van der Waals surface area contributed by atoms with Crippen LogP contribution in [0.1, 0.15) is 64.9 Å². The highest BCUT2D eigenvalue weighted by Gasteiger charge is 2.35. The van der Waals surface area contributed by atoms with Gasteiger partial charge in [-0.25, -0.2) is 8.42 Å². The van der Waals surface area contributed by atoms with Crippen LogP contribution in [0.15, 0.2) is 29.2 Å². The van der Waals surface area contributed by atoms with E-state index in [-0.39, 0.29) is 22.1 Å². The van der Waals surface area contributed by atoms with Crippen LogP contribution in [-0.2, 0) is 20.8 Å². The molecule has 0 bridgehead atoms. The van der Waals surface area contributed by atoms with Crippen LogP contribution >= 0.6 is 0 Å². The Kier molecular flexibility index (Phi) is 7.54. The van der Waals surface area contributed by atoms with Crippen LogP contribution < -0.4 is 5.32 Å². The minimum atomic E-state index is -4.57. The van der Waals surface area contributed by atoms with Crippen LogP contribution in [0.25, 0.3) is 0 Å². The minimum absolute atomic E-state index is 0.174. The topological polar surface area (TPSA) is 63.2 Å². The summed E-state index contributed by atoms with van der Waals surface area (Å²) in [6, 6.07) is 4.16. The highest BCUT2D eigenvalue weighted by molar-refractivity contribution is 7.92. The summed E-state index contributed by atoms with van der Waals surface area (Å²) in [6.45, 7) is 6.39. The van der Waals surface area contributed by atoms with Gasteiger partial charge in [0.05, 0.1) is 15.7 Å². The summed E-state index contributed by atoms with van der Waals surface area (Å²) in [4.78, 5) is 11.7. The highest BCUT2D eigenvalue weighted by Crippen LogP contribution is 2.33. The number of hydrogen-bond donors (Lipinski definition) is 1. The van der Waals surface area contributed by atoms with Gasteiger partial charge in [-0.15, -0.1) is 0 Å². The summed E-state index contributed by atoms with van der Waals surface area (Å²) >= 11 is 0. The van der Waals surface area contributed by atoms with Gasteiger partial charge in [-0.1, -0.05) is 26.8 Å². The molecule has 164 valence electrons. The number of benzene rings is 1. The van der Waals surface area contributed by atoms with Crippen LogP contribution in [0.4, 0.5) is 13.2 Å². The summed E-state index contributed by atoms with van der Waals surface area (Å²) in [7, 11) is -3.79. The second-order valence-corrected chi connectivity index (χ2v) is 11.0. The van der Waals surface area contributed by atoms with Gasteiger partial charge in [0, 0.05) is 17.9 Å². The predicted octanol–water partition coefficient (Wildman–Crippen LogP) is 4.78. The van der Waals surface area contributed by atoms with E-state index < -0.39 is 26.8 Å². The molecule has 0 aromatic heterocycles. The number of Topliss-reactive ketones (excluding diaryl/α,β-unsaturated/α-hetero) is 1. The monoisotopic (exact) mass is 433 g/mol. The smallest absolute Gasteiger partial charge is 0.314 e. The van der Waals surface area contributed by atoms with Crippen LogP contribution in [0, 0.1) is 5.41 Å². The first-order valence-corrected chi connectivity index (χ1v) is 11.5. The van der Waals surface area contributed by atoms with Crippen molar-refractivity contribution in [2.75, 3.05) is 6.54 Å². The third-order valence-corrected chi connectivity index (χ3v) is 7.71. The number of hydrogen-bond acceptors (Lipinski definition) is 4. The van der Waals surface area contributed by atoms with Crippen molar-refractivity contribution in [3.63, 3.8) is 0 Å². The molecule has 29 heavy (non-hydrogen) atoms. The highest BCUT2D eigenvalue weighted by atomic mass is 32.2. The van der Waals surface area contributed by atoms with Crippen molar-refractivity contribution in [1.29, 1.82) is 0 Å². The molecule has 0 spiro atoms. The first-order chi connectivity index (χ1) is 13.3. The summed E-state index contributed by atoms with van der Waals surface area (Å²) in [5, 5.41) is 2.71. The van der Waals surface area contributed by atoms with Crippen molar-refractivity contribution in [3.05, 3.63) is 29.8 Å². The van der Waals surface area contributed by atoms with E-state index in [9.17, 15) is 26.4 Å². The molecule has 1 fully saturated rings. The molecule has 1 aromatic carbocycles. The Hall–Kier alpha value is -1.41. The van der Waals surface area contributed by atoms with Crippen LogP contribution in [0.3, 0.4) is 0 Å². The molecule has 0 radical (unpaired) electrons. The van der Waals surface area contributed by atoms with Crippen molar-refractivity contribution >= 4 is 15.6 Å². The van der Waals surface area contributed by atoms with Gasteiger partial charge in [0.25, 0.3) is 0 Å². The zero-order chi connectivity index (χ0) is 21.9. The average molecular weight is 434 g/mol. The largest absolute Gasteiger partial charge is 0.416 e. The molecule has 1 aromatic rings. The maximum atomic E-state index is 12.9. The molecule has 2 rings (SSSR count). The van der Waals surface area contributed by atoms with Gasteiger partial charge >= 0.3 is 6.18 Å². The van der Waals surface area contributed by atoms with Crippen LogP contribution in [-0.4, -0.2) is 32.0 Å². The lowest BCUT2D eigenvalue weighted by Crippen LogP contribution is -2.37. The van der Waals surface area contributed by atoms with E-state index in [1.807, 2.05) is 20.8 Å². The summed E-state index contributed by atoms with van der Waals surface area (Å²) in [6.07, 6.45) is -1.20. The Morgan fingerprint density at radius 2 is 1.72 bits per heavy atom. The maximum Gasteiger partial charge on any atom is 0.416 e. The Bertz CT molecular complexity index is 805. The first-order valence-electron chi connectivity index (χ1n) is 9.99. The lowest BCUT2D eigenvalue weighted by molar-refractivity contribution is -0.137.